The van der Waals surface area contributed by atoms with Gasteiger partial charge in [-0.05, 0) is 12.1 Å². The van der Waals surface area contributed by atoms with Crippen molar-refractivity contribution < 1.29 is 14.3 Å². The predicted molar refractivity (Wildman–Crippen MR) is 55.7 cm³/mol. The van der Waals surface area contributed by atoms with Crippen LogP contribution in [0.1, 0.15) is 20.7 Å². The SMILES string of the molecule is COC(=O)c1ccc(C(=O)[C@@H](N)C#N)cc1. The summed E-state index contributed by atoms with van der Waals surface area (Å²) in [6.07, 6.45) is 0. The number of Topliss-reactive ketones (excluding diaryl/α,β-unsaturated/α-hetero) is 1. The minimum Gasteiger partial charge on any atom is -0.465 e. The molecule has 1 atom stereocenters. The number of carbonyl (C=O) groups excluding carboxylic acids is 2. The highest BCUT2D eigenvalue weighted by Crippen LogP contribution is 2.07. The van der Waals surface area contributed by atoms with Crippen LogP contribution in [0, 0.1) is 11.3 Å². The lowest BCUT2D eigenvalue weighted by Gasteiger charge is -2.03. The van der Waals surface area contributed by atoms with Crippen molar-refractivity contribution in [3.05, 3.63) is 35.4 Å². The summed E-state index contributed by atoms with van der Waals surface area (Å²) in [5, 5.41) is 8.48. The molecule has 0 heterocycles. The van der Waals surface area contributed by atoms with E-state index in [1.807, 2.05) is 0 Å². The topological polar surface area (TPSA) is 93.2 Å². The first-order valence-corrected chi connectivity index (χ1v) is 4.48. The second kappa shape index (κ2) is 5.05. The maximum atomic E-state index is 11.5. The Morgan fingerprint density at radius 3 is 2.25 bits per heavy atom. The van der Waals surface area contributed by atoms with Crippen LogP contribution in [0.3, 0.4) is 0 Å². The van der Waals surface area contributed by atoms with E-state index in [9.17, 15) is 9.59 Å². The zero-order valence-corrected chi connectivity index (χ0v) is 8.64. The van der Waals surface area contributed by atoms with E-state index < -0.39 is 17.8 Å². The van der Waals surface area contributed by atoms with Gasteiger partial charge in [-0.1, -0.05) is 12.1 Å². The molecule has 0 bridgehead atoms. The summed E-state index contributed by atoms with van der Waals surface area (Å²) < 4.78 is 4.50. The fourth-order valence-electron chi connectivity index (χ4n) is 1.13. The van der Waals surface area contributed by atoms with Crippen molar-refractivity contribution in [2.24, 2.45) is 5.73 Å². The van der Waals surface area contributed by atoms with E-state index in [2.05, 4.69) is 4.74 Å². The number of ether oxygens (including phenoxy) is 1. The van der Waals surface area contributed by atoms with Gasteiger partial charge in [-0.15, -0.1) is 0 Å². The van der Waals surface area contributed by atoms with E-state index in [1.165, 1.54) is 31.4 Å². The van der Waals surface area contributed by atoms with Gasteiger partial charge in [0.2, 0.25) is 0 Å². The van der Waals surface area contributed by atoms with Gasteiger partial charge in [0.15, 0.2) is 11.8 Å². The monoisotopic (exact) mass is 218 g/mol. The second-order valence-corrected chi connectivity index (χ2v) is 3.04. The minimum absolute atomic E-state index is 0.293. The summed E-state index contributed by atoms with van der Waals surface area (Å²) in [5.41, 5.74) is 5.90. The molecule has 1 rings (SSSR count). The third-order valence-electron chi connectivity index (χ3n) is 2.01. The lowest BCUT2D eigenvalue weighted by Crippen LogP contribution is -2.28. The number of benzene rings is 1. The first-order valence-electron chi connectivity index (χ1n) is 4.48. The number of rotatable bonds is 3. The zero-order valence-electron chi connectivity index (χ0n) is 8.64. The van der Waals surface area contributed by atoms with E-state index in [4.69, 9.17) is 11.0 Å². The molecule has 0 spiro atoms. The van der Waals surface area contributed by atoms with Crippen LogP contribution < -0.4 is 5.73 Å². The predicted octanol–water partition coefficient (Wildman–Crippen LogP) is 0.507. The van der Waals surface area contributed by atoms with Crippen molar-refractivity contribution in [3.8, 4) is 6.07 Å². The molecular formula is C11H10N2O3. The van der Waals surface area contributed by atoms with Gasteiger partial charge in [-0.3, -0.25) is 4.79 Å². The molecule has 5 heteroatoms. The van der Waals surface area contributed by atoms with Crippen LogP contribution in [0.4, 0.5) is 0 Å². The molecular weight excluding hydrogens is 208 g/mol. The highest BCUT2D eigenvalue weighted by atomic mass is 16.5. The first kappa shape index (κ1) is 11.9. The van der Waals surface area contributed by atoms with Crippen LogP contribution in [0.25, 0.3) is 0 Å². The fourth-order valence-corrected chi connectivity index (χ4v) is 1.13. The van der Waals surface area contributed by atoms with E-state index in [-0.39, 0.29) is 0 Å². The van der Waals surface area contributed by atoms with Crippen molar-refractivity contribution in [1.82, 2.24) is 0 Å². The Morgan fingerprint density at radius 1 is 1.31 bits per heavy atom. The minimum atomic E-state index is -1.18. The molecule has 2 N–H and O–H groups in total. The van der Waals surface area contributed by atoms with Crippen LogP contribution in [-0.2, 0) is 4.74 Å². The van der Waals surface area contributed by atoms with Gasteiger partial charge in [0, 0.05) is 5.56 Å². The average Bonchev–Trinajstić information content (AvgIpc) is 2.36. The third-order valence-corrected chi connectivity index (χ3v) is 2.01. The van der Waals surface area contributed by atoms with Gasteiger partial charge in [0.1, 0.15) is 0 Å². The normalized spacial score (nSPS) is 11.3. The molecule has 5 nitrogen and oxygen atoms in total. The van der Waals surface area contributed by atoms with Crippen molar-refractivity contribution in [3.63, 3.8) is 0 Å². The van der Waals surface area contributed by atoms with Crippen molar-refractivity contribution in [1.29, 1.82) is 5.26 Å². The molecule has 0 saturated carbocycles. The van der Waals surface area contributed by atoms with Crippen LogP contribution in [-0.4, -0.2) is 24.9 Å². The molecule has 0 radical (unpaired) electrons. The Balaban J connectivity index is 2.92. The molecule has 0 aliphatic heterocycles. The third kappa shape index (κ3) is 2.43. The Bertz CT molecular complexity index is 445. The Labute approximate surface area is 92.4 Å². The summed E-state index contributed by atoms with van der Waals surface area (Å²) in [4.78, 5) is 22.6. The lowest BCUT2D eigenvalue weighted by molar-refractivity contribution is 0.0600. The van der Waals surface area contributed by atoms with Crippen molar-refractivity contribution in [2.45, 2.75) is 6.04 Å². The summed E-state index contributed by atoms with van der Waals surface area (Å²) in [5.74, 6) is -0.956. The van der Waals surface area contributed by atoms with Crippen LogP contribution >= 0.6 is 0 Å². The molecule has 0 aromatic heterocycles. The number of esters is 1. The molecule has 0 fully saturated rings. The number of nitrogens with two attached hydrogens (primary N) is 1. The van der Waals surface area contributed by atoms with Crippen molar-refractivity contribution >= 4 is 11.8 Å². The molecule has 0 saturated heterocycles. The molecule has 1 aromatic carbocycles. The van der Waals surface area contributed by atoms with Gasteiger partial charge in [0.05, 0.1) is 18.7 Å². The first-order chi connectivity index (χ1) is 7.60. The average molecular weight is 218 g/mol. The quantitative estimate of drug-likeness (QED) is 0.589. The van der Waals surface area contributed by atoms with E-state index >= 15 is 0 Å². The van der Waals surface area contributed by atoms with Crippen LogP contribution in [0.5, 0.6) is 0 Å². The Morgan fingerprint density at radius 2 is 1.81 bits per heavy atom. The van der Waals surface area contributed by atoms with Gasteiger partial charge >= 0.3 is 5.97 Å². The fraction of sp³-hybridized carbons (Fsp3) is 0.182. The number of hydrogen-bond acceptors (Lipinski definition) is 5. The van der Waals surface area contributed by atoms with Crippen LogP contribution in [0.2, 0.25) is 0 Å². The largest absolute Gasteiger partial charge is 0.465 e. The molecule has 0 amide bonds. The molecule has 0 aliphatic carbocycles. The van der Waals surface area contributed by atoms with Gasteiger partial charge in [0.25, 0.3) is 0 Å². The number of nitriles is 1. The molecule has 0 unspecified atom stereocenters. The standard InChI is InChI=1S/C11H10N2O3/c1-16-11(15)8-4-2-7(3-5-8)10(14)9(13)6-12/h2-5,9H,13H2,1H3/t9-/m0/s1. The highest BCUT2D eigenvalue weighted by molar-refractivity contribution is 6.02. The summed E-state index contributed by atoms with van der Waals surface area (Å²) in [6.45, 7) is 0. The smallest absolute Gasteiger partial charge is 0.337 e. The van der Waals surface area contributed by atoms with E-state index in [0.717, 1.165) is 0 Å². The van der Waals surface area contributed by atoms with E-state index in [0.29, 0.717) is 11.1 Å². The number of ketones is 1. The van der Waals surface area contributed by atoms with Crippen molar-refractivity contribution in [2.75, 3.05) is 7.11 Å². The number of methoxy groups -OCH3 is 1. The molecule has 1 aromatic rings. The van der Waals surface area contributed by atoms with Crippen LogP contribution in [0.15, 0.2) is 24.3 Å². The Kier molecular flexibility index (Phi) is 3.75. The Hall–Kier alpha value is -2.19. The zero-order chi connectivity index (χ0) is 12.1. The number of nitrogens with zero attached hydrogens (tertiary/aromatic N) is 1. The molecule has 0 aliphatic rings. The number of carbonyl (C=O) groups is 2. The highest BCUT2D eigenvalue weighted by Gasteiger charge is 2.15. The van der Waals surface area contributed by atoms with E-state index in [1.54, 1.807) is 6.07 Å². The number of hydrogen-bond donors (Lipinski definition) is 1. The molecule has 16 heavy (non-hydrogen) atoms. The lowest BCUT2D eigenvalue weighted by atomic mass is 10.0. The summed E-state index contributed by atoms with van der Waals surface area (Å²) in [6, 6.07) is 6.24. The van der Waals surface area contributed by atoms with Gasteiger partial charge in [-0.2, -0.15) is 5.26 Å². The van der Waals surface area contributed by atoms with Gasteiger partial charge < -0.3 is 10.5 Å². The maximum absolute atomic E-state index is 11.5. The summed E-state index contributed by atoms with van der Waals surface area (Å²) >= 11 is 0. The maximum Gasteiger partial charge on any atom is 0.337 e. The van der Waals surface area contributed by atoms with Gasteiger partial charge in [-0.25, -0.2) is 4.79 Å². The second-order valence-electron chi connectivity index (χ2n) is 3.04. The summed E-state index contributed by atoms with van der Waals surface area (Å²) in [7, 11) is 1.27. The molecule has 82 valence electrons.